The molecule has 1 saturated heterocycles. The van der Waals surface area contributed by atoms with Crippen LogP contribution in [-0.2, 0) is 0 Å². The zero-order valence-corrected chi connectivity index (χ0v) is 14.1. The highest BCUT2D eigenvalue weighted by molar-refractivity contribution is 6.33. The number of hydrogen-bond acceptors (Lipinski definition) is 4. The normalized spacial score (nSPS) is 17.6. The Labute approximate surface area is 148 Å². The average Bonchev–Trinajstić information content (AvgIpc) is 2.57. The summed E-state index contributed by atoms with van der Waals surface area (Å²) >= 11 is 11.7. The Morgan fingerprint density at radius 3 is 2.75 bits per heavy atom. The molecule has 0 radical (unpaired) electrons. The van der Waals surface area contributed by atoms with Gasteiger partial charge in [-0.15, -0.1) is 0 Å². The van der Waals surface area contributed by atoms with E-state index in [1.165, 1.54) is 24.5 Å². The highest BCUT2D eigenvalue weighted by atomic mass is 35.5. The Kier molecular flexibility index (Phi) is 5.16. The van der Waals surface area contributed by atoms with Crippen LogP contribution >= 0.6 is 23.2 Å². The quantitative estimate of drug-likeness (QED) is 0.829. The van der Waals surface area contributed by atoms with Gasteiger partial charge in [0, 0.05) is 6.54 Å². The maximum atomic E-state index is 13.1. The van der Waals surface area contributed by atoms with E-state index in [9.17, 15) is 9.18 Å². The number of piperidine rings is 1. The lowest BCUT2D eigenvalue weighted by Gasteiger charge is -2.32. The number of carbonyl (C=O) groups is 1. The molecule has 126 valence electrons. The summed E-state index contributed by atoms with van der Waals surface area (Å²) in [5.74, 6) is -0.721. The van der Waals surface area contributed by atoms with Crippen LogP contribution in [0.5, 0.6) is 6.01 Å². The Bertz CT molecular complexity index is 743. The van der Waals surface area contributed by atoms with Crippen molar-refractivity contribution in [1.82, 2.24) is 14.9 Å². The number of benzene rings is 1. The van der Waals surface area contributed by atoms with E-state index < -0.39 is 5.82 Å². The molecule has 2 heterocycles. The first kappa shape index (κ1) is 16.9. The van der Waals surface area contributed by atoms with Gasteiger partial charge in [-0.1, -0.05) is 23.2 Å². The first-order chi connectivity index (χ1) is 11.5. The van der Waals surface area contributed by atoms with Crippen LogP contribution in [0.1, 0.15) is 23.2 Å². The molecule has 1 fully saturated rings. The van der Waals surface area contributed by atoms with Crippen molar-refractivity contribution in [1.29, 1.82) is 0 Å². The molecular formula is C16H14Cl2FN3O2. The highest BCUT2D eigenvalue weighted by Gasteiger charge is 2.27. The fraction of sp³-hybridized carbons (Fsp3) is 0.312. The largest absolute Gasteiger partial charge is 0.458 e. The molecule has 1 aliphatic rings. The van der Waals surface area contributed by atoms with Gasteiger partial charge in [-0.3, -0.25) is 4.79 Å². The number of carbonyl (C=O) groups excluding carboxylic acids is 1. The van der Waals surface area contributed by atoms with Crippen LogP contribution < -0.4 is 4.74 Å². The van der Waals surface area contributed by atoms with Crippen molar-refractivity contribution < 1.29 is 13.9 Å². The molecule has 1 unspecified atom stereocenters. The van der Waals surface area contributed by atoms with Crippen LogP contribution in [0.25, 0.3) is 0 Å². The van der Waals surface area contributed by atoms with E-state index in [1.807, 2.05) is 0 Å². The highest BCUT2D eigenvalue weighted by Crippen LogP contribution is 2.22. The van der Waals surface area contributed by atoms with Gasteiger partial charge in [0.1, 0.15) is 11.9 Å². The van der Waals surface area contributed by atoms with Crippen LogP contribution in [0.3, 0.4) is 0 Å². The summed E-state index contributed by atoms with van der Waals surface area (Å²) in [6, 6.07) is 3.97. The summed E-state index contributed by atoms with van der Waals surface area (Å²) in [7, 11) is 0. The minimum absolute atomic E-state index is 0.101. The molecule has 2 aromatic rings. The fourth-order valence-corrected chi connectivity index (χ4v) is 2.91. The van der Waals surface area contributed by atoms with Crippen molar-refractivity contribution in [2.75, 3.05) is 13.1 Å². The van der Waals surface area contributed by atoms with Crippen molar-refractivity contribution in [3.8, 4) is 6.01 Å². The Balaban J connectivity index is 1.68. The monoisotopic (exact) mass is 369 g/mol. The summed E-state index contributed by atoms with van der Waals surface area (Å²) in [5.41, 5.74) is 0.279. The summed E-state index contributed by atoms with van der Waals surface area (Å²) in [6.45, 7) is 0.979. The van der Waals surface area contributed by atoms with E-state index in [-0.39, 0.29) is 28.6 Å². The third-order valence-corrected chi connectivity index (χ3v) is 4.20. The molecule has 1 aromatic heterocycles. The zero-order chi connectivity index (χ0) is 17.1. The molecule has 0 bridgehead atoms. The van der Waals surface area contributed by atoms with E-state index in [0.717, 1.165) is 18.9 Å². The van der Waals surface area contributed by atoms with Crippen LogP contribution in [0, 0.1) is 5.82 Å². The van der Waals surface area contributed by atoms with Crippen molar-refractivity contribution >= 4 is 29.1 Å². The van der Waals surface area contributed by atoms with Gasteiger partial charge in [0.15, 0.2) is 0 Å². The van der Waals surface area contributed by atoms with Gasteiger partial charge in [0.25, 0.3) is 5.91 Å². The minimum atomic E-state index is -0.476. The molecule has 0 saturated carbocycles. The summed E-state index contributed by atoms with van der Waals surface area (Å²) < 4.78 is 18.8. The van der Waals surface area contributed by atoms with Crippen molar-refractivity contribution in [3.63, 3.8) is 0 Å². The van der Waals surface area contributed by atoms with Crippen LogP contribution in [0.2, 0.25) is 10.0 Å². The summed E-state index contributed by atoms with van der Waals surface area (Å²) in [5, 5.41) is 0.526. The predicted octanol–water partition coefficient (Wildman–Crippen LogP) is 3.61. The number of rotatable bonds is 3. The molecule has 0 spiro atoms. The number of hydrogen-bond donors (Lipinski definition) is 0. The number of aromatic nitrogens is 2. The first-order valence-electron chi connectivity index (χ1n) is 7.41. The zero-order valence-electron chi connectivity index (χ0n) is 12.6. The lowest BCUT2D eigenvalue weighted by molar-refractivity contribution is 0.0516. The summed E-state index contributed by atoms with van der Waals surface area (Å²) in [4.78, 5) is 22.2. The summed E-state index contributed by atoms with van der Waals surface area (Å²) in [6.07, 6.45) is 4.25. The molecule has 0 N–H and O–H groups in total. The smallest absolute Gasteiger partial charge is 0.316 e. The molecule has 1 aliphatic heterocycles. The van der Waals surface area contributed by atoms with Gasteiger partial charge in [-0.2, -0.15) is 0 Å². The second-order valence-corrected chi connectivity index (χ2v) is 6.28. The Morgan fingerprint density at radius 1 is 1.29 bits per heavy atom. The van der Waals surface area contributed by atoms with Gasteiger partial charge in [0.2, 0.25) is 0 Å². The minimum Gasteiger partial charge on any atom is -0.458 e. The molecule has 8 heteroatoms. The van der Waals surface area contributed by atoms with Gasteiger partial charge < -0.3 is 9.64 Å². The maximum Gasteiger partial charge on any atom is 0.316 e. The predicted molar refractivity (Wildman–Crippen MR) is 88.0 cm³/mol. The number of halogens is 3. The topological polar surface area (TPSA) is 55.3 Å². The molecule has 3 rings (SSSR count). The van der Waals surface area contributed by atoms with Crippen molar-refractivity contribution in [3.05, 3.63) is 52.0 Å². The lowest BCUT2D eigenvalue weighted by atomic mass is 10.1. The van der Waals surface area contributed by atoms with Gasteiger partial charge in [-0.25, -0.2) is 14.4 Å². The van der Waals surface area contributed by atoms with Gasteiger partial charge >= 0.3 is 6.01 Å². The standard InChI is InChI=1S/C16H14Cl2FN3O2/c17-10-7-20-16(21-8-10)24-12-2-1-5-22(9-12)15(23)13-4-3-11(19)6-14(13)18/h3-4,6-8,12H,1-2,5,9H2. The Hall–Kier alpha value is -1.92. The third-order valence-electron chi connectivity index (χ3n) is 3.70. The van der Waals surface area contributed by atoms with Crippen molar-refractivity contribution in [2.45, 2.75) is 18.9 Å². The molecule has 24 heavy (non-hydrogen) atoms. The SMILES string of the molecule is O=C(c1ccc(F)cc1Cl)N1CCCC(Oc2ncc(Cl)cn2)C1. The number of nitrogens with zero attached hydrogens (tertiary/aromatic N) is 3. The number of likely N-dealkylation sites (tertiary alicyclic amines) is 1. The van der Waals surface area contributed by atoms with Crippen LogP contribution in [0.4, 0.5) is 4.39 Å². The molecule has 0 aliphatic carbocycles. The molecule has 5 nitrogen and oxygen atoms in total. The van der Waals surface area contributed by atoms with Crippen molar-refractivity contribution in [2.24, 2.45) is 0 Å². The first-order valence-corrected chi connectivity index (χ1v) is 8.17. The van der Waals surface area contributed by atoms with Gasteiger partial charge in [0.05, 0.1) is 34.5 Å². The van der Waals surface area contributed by atoms with E-state index in [4.69, 9.17) is 27.9 Å². The van der Waals surface area contributed by atoms with E-state index >= 15 is 0 Å². The van der Waals surface area contributed by atoms with Crippen LogP contribution in [-0.4, -0.2) is 40.0 Å². The van der Waals surface area contributed by atoms with E-state index in [1.54, 1.807) is 4.90 Å². The lowest BCUT2D eigenvalue weighted by Crippen LogP contribution is -2.44. The van der Waals surface area contributed by atoms with Gasteiger partial charge in [-0.05, 0) is 31.0 Å². The molecule has 1 aromatic carbocycles. The third kappa shape index (κ3) is 3.94. The maximum absolute atomic E-state index is 13.1. The second kappa shape index (κ2) is 7.32. The molecule has 1 atom stereocenters. The number of ether oxygens (including phenoxy) is 1. The second-order valence-electron chi connectivity index (χ2n) is 5.44. The van der Waals surface area contributed by atoms with E-state index in [0.29, 0.717) is 18.1 Å². The Morgan fingerprint density at radius 2 is 2.04 bits per heavy atom. The van der Waals surface area contributed by atoms with Crippen LogP contribution in [0.15, 0.2) is 30.6 Å². The van der Waals surface area contributed by atoms with E-state index in [2.05, 4.69) is 9.97 Å². The molecular weight excluding hydrogens is 356 g/mol. The fourth-order valence-electron chi connectivity index (χ4n) is 2.56. The number of amides is 1. The average molecular weight is 370 g/mol. The molecule has 1 amide bonds.